The first-order valence-corrected chi connectivity index (χ1v) is 7.59. The summed E-state index contributed by atoms with van der Waals surface area (Å²) >= 11 is 6.14. The highest BCUT2D eigenvalue weighted by molar-refractivity contribution is 6.33. The number of amides is 1. The van der Waals surface area contributed by atoms with Crippen LogP contribution in [0.3, 0.4) is 0 Å². The molecule has 0 saturated carbocycles. The molecule has 2 heterocycles. The molecule has 1 aromatic heterocycles. The quantitative estimate of drug-likeness (QED) is 0.927. The van der Waals surface area contributed by atoms with Gasteiger partial charge in [-0.1, -0.05) is 32.4 Å². The topological polar surface area (TPSA) is 45.2 Å². The van der Waals surface area contributed by atoms with Crippen molar-refractivity contribution in [1.82, 2.24) is 9.88 Å². The number of hydrogen-bond donors (Lipinski definition) is 1. The van der Waals surface area contributed by atoms with Crippen LogP contribution in [0.5, 0.6) is 0 Å². The average Bonchev–Trinajstić information content (AvgIpc) is 2.77. The van der Waals surface area contributed by atoms with Crippen molar-refractivity contribution < 1.29 is 4.79 Å². The fourth-order valence-corrected chi connectivity index (χ4v) is 2.60. The summed E-state index contributed by atoms with van der Waals surface area (Å²) in [6, 6.07) is 1.76. The van der Waals surface area contributed by atoms with Crippen LogP contribution >= 0.6 is 11.6 Å². The Hall–Kier alpha value is -1.29. The first kappa shape index (κ1) is 15.1. The monoisotopic (exact) mass is 295 g/mol. The summed E-state index contributed by atoms with van der Waals surface area (Å²) < 4.78 is 0. The van der Waals surface area contributed by atoms with E-state index in [9.17, 15) is 4.79 Å². The fraction of sp³-hybridized carbons (Fsp3) is 0.600. The lowest BCUT2D eigenvalue weighted by molar-refractivity contribution is 0.0785. The van der Waals surface area contributed by atoms with E-state index in [2.05, 4.69) is 31.1 Å². The summed E-state index contributed by atoms with van der Waals surface area (Å²) in [5.41, 5.74) is 0.543. The number of anilines is 1. The number of nitrogens with zero attached hydrogens (tertiary/aromatic N) is 2. The molecule has 1 N–H and O–H groups in total. The van der Waals surface area contributed by atoms with E-state index >= 15 is 0 Å². The Labute approximate surface area is 125 Å². The van der Waals surface area contributed by atoms with Gasteiger partial charge >= 0.3 is 0 Å². The lowest BCUT2D eigenvalue weighted by atomic mass is 10.0. The third-order valence-corrected chi connectivity index (χ3v) is 4.22. The molecule has 0 aliphatic carbocycles. The van der Waals surface area contributed by atoms with Gasteiger partial charge < -0.3 is 10.2 Å². The molecule has 5 heteroatoms. The van der Waals surface area contributed by atoms with Gasteiger partial charge in [-0.3, -0.25) is 4.79 Å². The van der Waals surface area contributed by atoms with Gasteiger partial charge in [0.15, 0.2) is 0 Å². The molecule has 1 amide bonds. The van der Waals surface area contributed by atoms with Crippen molar-refractivity contribution in [3.8, 4) is 0 Å². The Balaban J connectivity index is 2.16. The molecule has 0 radical (unpaired) electrons. The summed E-state index contributed by atoms with van der Waals surface area (Å²) in [5, 5.41) is 3.61. The summed E-state index contributed by atoms with van der Waals surface area (Å²) in [6.45, 7) is 8.88. The van der Waals surface area contributed by atoms with Crippen LogP contribution in [-0.4, -0.2) is 35.4 Å². The smallest absolute Gasteiger partial charge is 0.255 e. The minimum atomic E-state index is 0.00754. The van der Waals surface area contributed by atoms with E-state index in [0.29, 0.717) is 28.2 Å². The number of aromatic nitrogens is 1. The SMILES string of the molecule is CCCNc1cc(C(=O)N2CC(C)C(C)C2)c(Cl)cn1. The van der Waals surface area contributed by atoms with Crippen LogP contribution in [0.1, 0.15) is 37.6 Å². The lowest BCUT2D eigenvalue weighted by Crippen LogP contribution is -2.29. The number of pyridine rings is 1. The maximum absolute atomic E-state index is 12.6. The van der Waals surface area contributed by atoms with E-state index in [1.807, 2.05) is 4.90 Å². The zero-order chi connectivity index (χ0) is 14.7. The van der Waals surface area contributed by atoms with Crippen LogP contribution in [0.25, 0.3) is 0 Å². The molecular weight excluding hydrogens is 274 g/mol. The van der Waals surface area contributed by atoms with Gasteiger partial charge in [-0.25, -0.2) is 4.98 Å². The Morgan fingerprint density at radius 2 is 2.10 bits per heavy atom. The predicted octanol–water partition coefficient (Wildman–Crippen LogP) is 3.28. The zero-order valence-electron chi connectivity index (χ0n) is 12.3. The van der Waals surface area contributed by atoms with E-state index in [0.717, 1.165) is 26.1 Å². The van der Waals surface area contributed by atoms with Gasteiger partial charge in [-0.05, 0) is 24.3 Å². The summed E-state index contributed by atoms with van der Waals surface area (Å²) in [4.78, 5) is 18.7. The molecule has 2 rings (SSSR count). The van der Waals surface area contributed by atoms with Crippen molar-refractivity contribution in [2.24, 2.45) is 11.8 Å². The maximum atomic E-state index is 12.6. The number of carbonyl (C=O) groups is 1. The fourth-order valence-electron chi connectivity index (χ4n) is 2.42. The molecule has 1 aliphatic heterocycles. The van der Waals surface area contributed by atoms with Crippen molar-refractivity contribution in [2.75, 3.05) is 25.0 Å². The largest absolute Gasteiger partial charge is 0.370 e. The molecule has 1 aliphatic rings. The van der Waals surface area contributed by atoms with Crippen molar-refractivity contribution in [3.63, 3.8) is 0 Å². The number of rotatable bonds is 4. The van der Waals surface area contributed by atoms with Crippen LogP contribution in [0.4, 0.5) is 5.82 Å². The van der Waals surface area contributed by atoms with Crippen molar-refractivity contribution in [1.29, 1.82) is 0 Å². The third kappa shape index (κ3) is 3.23. The summed E-state index contributed by atoms with van der Waals surface area (Å²) in [5.74, 6) is 1.79. The van der Waals surface area contributed by atoms with Crippen molar-refractivity contribution >= 4 is 23.3 Å². The number of nitrogens with one attached hydrogen (secondary N) is 1. The highest BCUT2D eigenvalue weighted by atomic mass is 35.5. The van der Waals surface area contributed by atoms with Gasteiger partial charge in [-0.2, -0.15) is 0 Å². The Morgan fingerprint density at radius 3 is 2.70 bits per heavy atom. The molecule has 0 bridgehead atoms. The second-order valence-corrected chi connectivity index (χ2v) is 6.05. The molecule has 2 unspecified atom stereocenters. The highest BCUT2D eigenvalue weighted by Crippen LogP contribution is 2.26. The second-order valence-electron chi connectivity index (χ2n) is 5.64. The van der Waals surface area contributed by atoms with E-state index in [1.54, 1.807) is 12.3 Å². The first-order chi connectivity index (χ1) is 9.52. The molecule has 4 nitrogen and oxygen atoms in total. The maximum Gasteiger partial charge on any atom is 0.255 e. The number of likely N-dealkylation sites (tertiary alicyclic amines) is 1. The molecule has 1 saturated heterocycles. The van der Waals surface area contributed by atoms with Crippen LogP contribution in [0.2, 0.25) is 5.02 Å². The minimum absolute atomic E-state index is 0.00754. The molecule has 1 aromatic rings. The number of hydrogen-bond acceptors (Lipinski definition) is 3. The van der Waals surface area contributed by atoms with Crippen molar-refractivity contribution in [3.05, 3.63) is 22.8 Å². The minimum Gasteiger partial charge on any atom is -0.370 e. The molecule has 2 atom stereocenters. The average molecular weight is 296 g/mol. The Bertz CT molecular complexity index is 482. The van der Waals surface area contributed by atoms with Gasteiger partial charge in [0.05, 0.1) is 10.6 Å². The molecule has 110 valence electrons. The standard InChI is InChI=1S/C15H22ClN3O/c1-4-5-17-14-6-12(13(16)7-18-14)15(20)19-8-10(2)11(3)9-19/h6-7,10-11H,4-5,8-9H2,1-3H3,(H,17,18). The van der Waals surface area contributed by atoms with Gasteiger partial charge in [-0.15, -0.1) is 0 Å². The van der Waals surface area contributed by atoms with Crippen LogP contribution < -0.4 is 5.32 Å². The first-order valence-electron chi connectivity index (χ1n) is 7.21. The Kier molecular flexibility index (Phi) is 4.86. The summed E-state index contributed by atoms with van der Waals surface area (Å²) in [6.07, 6.45) is 2.56. The normalized spacial score (nSPS) is 22.1. The van der Waals surface area contributed by atoms with Crippen LogP contribution in [0.15, 0.2) is 12.3 Å². The molecule has 20 heavy (non-hydrogen) atoms. The van der Waals surface area contributed by atoms with E-state index in [1.165, 1.54) is 0 Å². The second kappa shape index (κ2) is 6.44. The number of carbonyl (C=O) groups excluding carboxylic acids is 1. The molecule has 0 aromatic carbocycles. The highest BCUT2D eigenvalue weighted by Gasteiger charge is 2.30. The van der Waals surface area contributed by atoms with E-state index in [-0.39, 0.29) is 5.91 Å². The van der Waals surface area contributed by atoms with Gasteiger partial charge in [0, 0.05) is 25.8 Å². The van der Waals surface area contributed by atoms with E-state index in [4.69, 9.17) is 11.6 Å². The van der Waals surface area contributed by atoms with Crippen LogP contribution in [0, 0.1) is 11.8 Å². The number of halogens is 1. The third-order valence-electron chi connectivity index (χ3n) is 3.92. The van der Waals surface area contributed by atoms with Crippen molar-refractivity contribution in [2.45, 2.75) is 27.2 Å². The Morgan fingerprint density at radius 1 is 1.45 bits per heavy atom. The van der Waals surface area contributed by atoms with Gasteiger partial charge in [0.2, 0.25) is 0 Å². The van der Waals surface area contributed by atoms with Crippen LogP contribution in [-0.2, 0) is 0 Å². The van der Waals surface area contributed by atoms with E-state index < -0.39 is 0 Å². The van der Waals surface area contributed by atoms with Gasteiger partial charge in [0.25, 0.3) is 5.91 Å². The molecular formula is C15H22ClN3O. The molecule has 0 spiro atoms. The van der Waals surface area contributed by atoms with Gasteiger partial charge in [0.1, 0.15) is 5.82 Å². The predicted molar refractivity (Wildman–Crippen MR) is 82.3 cm³/mol. The summed E-state index contributed by atoms with van der Waals surface area (Å²) in [7, 11) is 0. The molecule has 1 fully saturated rings. The lowest BCUT2D eigenvalue weighted by Gasteiger charge is -2.17. The zero-order valence-corrected chi connectivity index (χ0v) is 13.1.